The summed E-state index contributed by atoms with van der Waals surface area (Å²) in [5.41, 5.74) is 2.95. The molecule has 2 aliphatic heterocycles. The van der Waals surface area contributed by atoms with Gasteiger partial charge >= 0.3 is 0 Å². The number of benzene rings is 3. The third kappa shape index (κ3) is 6.05. The van der Waals surface area contributed by atoms with Crippen LogP contribution in [0.4, 0.5) is 5.69 Å². The fourth-order valence-corrected chi connectivity index (χ4v) is 8.47. The lowest BCUT2D eigenvalue weighted by atomic mass is 9.91. The van der Waals surface area contributed by atoms with Gasteiger partial charge in [0, 0.05) is 39.3 Å². The third-order valence-corrected chi connectivity index (χ3v) is 11.8. The smallest absolute Gasteiger partial charge is 0.243 e. The molecule has 0 bridgehead atoms. The molecular weight excluding hydrogens is 546 g/mol. The van der Waals surface area contributed by atoms with E-state index in [2.05, 4.69) is 12.1 Å². The second-order valence-electron chi connectivity index (χ2n) is 10.6. The van der Waals surface area contributed by atoms with Gasteiger partial charge in [-0.15, -0.1) is 0 Å². The zero-order valence-electron chi connectivity index (χ0n) is 23.1. The van der Waals surface area contributed by atoms with Gasteiger partial charge in [-0.25, -0.2) is 16.8 Å². The minimum atomic E-state index is -3.67. The molecule has 0 unspecified atom stereocenters. The number of piperazine rings is 1. The highest BCUT2D eigenvalue weighted by Crippen LogP contribution is 2.34. The molecule has 2 fully saturated rings. The molecule has 3 aromatic carbocycles. The molecule has 10 heteroatoms. The molecule has 8 nitrogen and oxygen atoms in total. The van der Waals surface area contributed by atoms with E-state index in [-0.39, 0.29) is 9.79 Å². The maximum atomic E-state index is 13.6. The zero-order valence-corrected chi connectivity index (χ0v) is 24.7. The van der Waals surface area contributed by atoms with Crippen molar-refractivity contribution in [1.29, 1.82) is 0 Å². The predicted molar refractivity (Wildman–Crippen MR) is 157 cm³/mol. The average molecular weight is 584 g/mol. The number of hydrogen-bond acceptors (Lipinski definition) is 6. The molecule has 0 amide bonds. The summed E-state index contributed by atoms with van der Waals surface area (Å²) in [6, 6.07) is 22.2. The predicted octanol–water partition coefficient (Wildman–Crippen LogP) is 4.16. The number of aryl methyl sites for hydroxylation is 1. The molecule has 2 saturated heterocycles. The monoisotopic (exact) mass is 583 g/mol. The highest BCUT2D eigenvalue weighted by atomic mass is 32.2. The van der Waals surface area contributed by atoms with Gasteiger partial charge in [-0.05, 0) is 68.0 Å². The Balaban J connectivity index is 1.27. The van der Waals surface area contributed by atoms with Gasteiger partial charge in [0.2, 0.25) is 20.0 Å². The number of methoxy groups -OCH3 is 1. The Morgan fingerprint density at radius 1 is 0.725 bits per heavy atom. The van der Waals surface area contributed by atoms with E-state index >= 15 is 0 Å². The molecule has 0 aliphatic carbocycles. The van der Waals surface area contributed by atoms with Gasteiger partial charge in [-0.2, -0.15) is 8.61 Å². The van der Waals surface area contributed by atoms with E-state index in [0.717, 1.165) is 24.8 Å². The molecule has 0 radical (unpaired) electrons. The summed E-state index contributed by atoms with van der Waals surface area (Å²) in [7, 11) is -5.71. The second-order valence-corrected chi connectivity index (χ2v) is 14.5. The van der Waals surface area contributed by atoms with Gasteiger partial charge in [0.15, 0.2) is 0 Å². The number of rotatable bonds is 8. The summed E-state index contributed by atoms with van der Waals surface area (Å²) in [6.07, 6.45) is 2.62. The molecule has 2 aliphatic rings. The van der Waals surface area contributed by atoms with Gasteiger partial charge in [0.05, 0.1) is 22.6 Å². The maximum absolute atomic E-state index is 13.6. The van der Waals surface area contributed by atoms with Crippen molar-refractivity contribution in [2.75, 3.05) is 51.3 Å². The van der Waals surface area contributed by atoms with Crippen molar-refractivity contribution in [3.8, 4) is 5.75 Å². The molecule has 0 spiro atoms. The quantitative estimate of drug-likeness (QED) is 0.396. The van der Waals surface area contributed by atoms with Crippen molar-refractivity contribution in [3.05, 3.63) is 83.9 Å². The first kappa shape index (κ1) is 28.6. The van der Waals surface area contributed by atoms with E-state index < -0.39 is 20.0 Å². The summed E-state index contributed by atoms with van der Waals surface area (Å²) in [4.78, 5) is 2.52. The Bertz CT molecular complexity index is 1510. The fourth-order valence-electron chi connectivity index (χ4n) is 5.56. The minimum Gasteiger partial charge on any atom is -0.495 e. The Kier molecular flexibility index (Phi) is 8.51. The average Bonchev–Trinajstić information content (AvgIpc) is 2.98. The van der Waals surface area contributed by atoms with Crippen LogP contribution in [0.1, 0.15) is 24.0 Å². The first-order chi connectivity index (χ1) is 19.2. The van der Waals surface area contributed by atoms with Crippen molar-refractivity contribution in [1.82, 2.24) is 8.61 Å². The molecular formula is C30H37N3O5S2. The van der Waals surface area contributed by atoms with E-state index in [4.69, 9.17) is 4.74 Å². The number of piperidine rings is 1. The number of hydrogen-bond donors (Lipinski definition) is 0. The number of ether oxygens (including phenoxy) is 1. The number of anilines is 1. The highest BCUT2D eigenvalue weighted by Gasteiger charge is 2.32. The molecule has 214 valence electrons. The Labute approximate surface area is 238 Å². The van der Waals surface area contributed by atoms with Crippen molar-refractivity contribution < 1.29 is 21.6 Å². The van der Waals surface area contributed by atoms with Crippen LogP contribution >= 0.6 is 0 Å². The van der Waals surface area contributed by atoms with Gasteiger partial charge in [0.1, 0.15) is 5.75 Å². The lowest BCUT2D eigenvalue weighted by molar-refractivity contribution is 0.273. The molecule has 3 aromatic rings. The van der Waals surface area contributed by atoms with Crippen LogP contribution in [-0.4, -0.2) is 71.8 Å². The van der Waals surface area contributed by atoms with Crippen LogP contribution in [0.3, 0.4) is 0 Å². The number of nitrogens with zero attached hydrogens (tertiary/aromatic N) is 3. The summed E-state index contributed by atoms with van der Waals surface area (Å²) in [6.45, 7) is 4.36. The first-order valence-corrected chi connectivity index (χ1v) is 16.6. The zero-order chi connectivity index (χ0) is 28.3. The number of sulfonamides is 2. The molecule has 0 N–H and O–H groups in total. The minimum absolute atomic E-state index is 0.236. The maximum Gasteiger partial charge on any atom is 0.243 e. The molecule has 0 atom stereocenters. The molecule has 40 heavy (non-hydrogen) atoms. The SMILES string of the molecule is COc1ccc(S(=O)(=O)N2CCC(Cc3ccccc3)CC2)cc1N1CCN(S(=O)(=O)c2ccc(C)cc2)CC1. The van der Waals surface area contributed by atoms with Gasteiger partial charge < -0.3 is 9.64 Å². The van der Waals surface area contributed by atoms with Crippen LogP contribution in [-0.2, 0) is 26.5 Å². The van der Waals surface area contributed by atoms with Crippen LogP contribution < -0.4 is 9.64 Å². The van der Waals surface area contributed by atoms with Gasteiger partial charge in [0.25, 0.3) is 0 Å². The summed E-state index contributed by atoms with van der Waals surface area (Å²) >= 11 is 0. The lowest BCUT2D eigenvalue weighted by Crippen LogP contribution is -2.48. The van der Waals surface area contributed by atoms with Crippen molar-refractivity contribution in [2.24, 2.45) is 5.92 Å². The van der Waals surface area contributed by atoms with E-state index in [0.29, 0.717) is 56.6 Å². The van der Waals surface area contributed by atoms with Crippen molar-refractivity contribution in [2.45, 2.75) is 36.0 Å². The van der Waals surface area contributed by atoms with E-state index in [1.807, 2.05) is 30.0 Å². The first-order valence-electron chi connectivity index (χ1n) is 13.7. The van der Waals surface area contributed by atoms with E-state index in [1.54, 1.807) is 53.9 Å². The van der Waals surface area contributed by atoms with Crippen LogP contribution in [0.2, 0.25) is 0 Å². The van der Waals surface area contributed by atoms with Gasteiger partial charge in [-0.3, -0.25) is 0 Å². The Morgan fingerprint density at radius 3 is 1.93 bits per heavy atom. The van der Waals surface area contributed by atoms with Crippen LogP contribution in [0.5, 0.6) is 5.75 Å². The third-order valence-electron chi connectivity index (χ3n) is 7.97. The largest absolute Gasteiger partial charge is 0.495 e. The molecule has 2 heterocycles. The Hall–Kier alpha value is -2.92. The van der Waals surface area contributed by atoms with Crippen molar-refractivity contribution >= 4 is 25.7 Å². The van der Waals surface area contributed by atoms with Crippen LogP contribution in [0.25, 0.3) is 0 Å². The normalized spacial score (nSPS) is 18.1. The highest BCUT2D eigenvalue weighted by molar-refractivity contribution is 7.89. The lowest BCUT2D eigenvalue weighted by Gasteiger charge is -2.36. The van der Waals surface area contributed by atoms with Crippen molar-refractivity contribution in [3.63, 3.8) is 0 Å². The van der Waals surface area contributed by atoms with Gasteiger partial charge in [-0.1, -0.05) is 48.0 Å². The van der Waals surface area contributed by atoms with Crippen LogP contribution in [0, 0.1) is 12.8 Å². The summed E-state index contributed by atoms with van der Waals surface area (Å²) in [5, 5.41) is 0. The topological polar surface area (TPSA) is 87.2 Å². The van der Waals surface area contributed by atoms with Crippen LogP contribution in [0.15, 0.2) is 82.6 Å². The standard InChI is InChI=1S/C30H37N3O5S2/c1-24-8-10-27(11-9-24)39(34,35)33-20-18-31(19-21-33)29-23-28(12-13-30(29)38-2)40(36,37)32-16-14-26(15-17-32)22-25-6-4-3-5-7-25/h3-13,23,26H,14-22H2,1-2H3. The fraction of sp³-hybridized carbons (Fsp3) is 0.400. The molecule has 5 rings (SSSR count). The van der Waals surface area contributed by atoms with E-state index in [9.17, 15) is 16.8 Å². The Morgan fingerprint density at radius 2 is 1.30 bits per heavy atom. The summed E-state index contributed by atoms with van der Waals surface area (Å²) in [5.74, 6) is 1.03. The molecule has 0 aromatic heterocycles. The second kappa shape index (κ2) is 11.9. The summed E-state index contributed by atoms with van der Waals surface area (Å²) < 4.78 is 62.2. The molecule has 0 saturated carbocycles. The van der Waals surface area contributed by atoms with E-state index in [1.165, 1.54) is 9.87 Å².